The molecule has 2 aliphatic heterocycles. The van der Waals surface area contributed by atoms with Crippen LogP contribution in [0.1, 0.15) is 99.5 Å². The van der Waals surface area contributed by atoms with Gasteiger partial charge in [-0.3, -0.25) is 4.79 Å². The van der Waals surface area contributed by atoms with Gasteiger partial charge in [0.25, 0.3) is 0 Å². The first kappa shape index (κ1) is 31.5. The summed E-state index contributed by atoms with van der Waals surface area (Å²) in [6, 6.07) is 1.79. The van der Waals surface area contributed by atoms with Crippen LogP contribution in [-0.2, 0) is 23.7 Å². The Balaban J connectivity index is 1.35. The van der Waals surface area contributed by atoms with Crippen molar-refractivity contribution in [2.45, 2.75) is 109 Å². The summed E-state index contributed by atoms with van der Waals surface area (Å²) < 4.78 is 23.2. The van der Waals surface area contributed by atoms with Crippen LogP contribution < -0.4 is 4.90 Å². The number of thiophene rings is 1. The molecule has 0 spiro atoms. The Hall–Kier alpha value is -1.96. The lowest BCUT2D eigenvalue weighted by Gasteiger charge is -2.39. The van der Waals surface area contributed by atoms with E-state index in [1.165, 1.54) is 0 Å². The van der Waals surface area contributed by atoms with Crippen molar-refractivity contribution >= 4 is 28.9 Å². The van der Waals surface area contributed by atoms with E-state index in [9.17, 15) is 14.7 Å². The van der Waals surface area contributed by atoms with Crippen LogP contribution in [-0.4, -0.2) is 74.4 Å². The molecule has 8 nitrogen and oxygen atoms in total. The predicted octanol–water partition coefficient (Wildman–Crippen LogP) is 5.91. The minimum Gasteiger partial charge on any atom is -0.477 e. The van der Waals surface area contributed by atoms with Crippen LogP contribution in [0.25, 0.3) is 0 Å². The maximum Gasteiger partial charge on any atom is 0.348 e. The van der Waals surface area contributed by atoms with Gasteiger partial charge in [0, 0.05) is 30.6 Å². The Kier molecular flexibility index (Phi) is 10.6. The van der Waals surface area contributed by atoms with Gasteiger partial charge in [-0.05, 0) is 90.0 Å². The van der Waals surface area contributed by atoms with Crippen LogP contribution in [0.3, 0.4) is 0 Å². The highest BCUT2D eigenvalue weighted by atomic mass is 32.1. The zero-order valence-electron chi connectivity index (χ0n) is 25.4. The molecule has 4 fully saturated rings. The molecule has 1 amide bonds. The first-order valence-electron chi connectivity index (χ1n) is 15.8. The summed E-state index contributed by atoms with van der Waals surface area (Å²) >= 11 is 1.16. The maximum absolute atomic E-state index is 14.2. The van der Waals surface area contributed by atoms with Gasteiger partial charge in [-0.1, -0.05) is 18.8 Å². The highest BCUT2D eigenvalue weighted by molar-refractivity contribution is 7.15. The number of aromatic carboxylic acids is 1. The van der Waals surface area contributed by atoms with E-state index in [4.69, 9.17) is 18.9 Å². The van der Waals surface area contributed by atoms with Gasteiger partial charge in [0.2, 0.25) is 5.91 Å². The van der Waals surface area contributed by atoms with Gasteiger partial charge in [0.15, 0.2) is 0 Å². The fraction of sp³-hybridized carbons (Fsp3) is 0.758. The van der Waals surface area contributed by atoms with Gasteiger partial charge in [0.1, 0.15) is 4.88 Å². The molecule has 0 radical (unpaired) electrons. The van der Waals surface area contributed by atoms with Crippen LogP contribution >= 0.6 is 11.3 Å². The number of hydrogen-bond acceptors (Lipinski definition) is 7. The number of nitrogens with zero attached hydrogens (tertiary/aromatic N) is 1. The van der Waals surface area contributed by atoms with Gasteiger partial charge in [0.05, 0.1) is 48.7 Å². The van der Waals surface area contributed by atoms with Gasteiger partial charge >= 0.3 is 5.97 Å². The van der Waals surface area contributed by atoms with Crippen molar-refractivity contribution < 1.29 is 33.6 Å². The van der Waals surface area contributed by atoms with E-state index in [-0.39, 0.29) is 41.1 Å². The van der Waals surface area contributed by atoms with E-state index < -0.39 is 11.4 Å². The Morgan fingerprint density at radius 2 is 1.64 bits per heavy atom. The number of carboxylic acids is 1. The highest BCUT2D eigenvalue weighted by Crippen LogP contribution is 2.39. The lowest BCUT2D eigenvalue weighted by molar-refractivity contribution is -0.124. The monoisotopic (exact) mass is 601 g/mol. The maximum atomic E-state index is 14.2. The molecule has 1 aromatic rings. The molecule has 2 saturated heterocycles. The van der Waals surface area contributed by atoms with E-state index in [1.54, 1.807) is 0 Å². The van der Waals surface area contributed by atoms with Crippen LogP contribution in [0.2, 0.25) is 0 Å². The molecule has 1 aromatic heterocycles. The van der Waals surface area contributed by atoms with Gasteiger partial charge in [-0.2, -0.15) is 0 Å². The number of anilines is 1. The Morgan fingerprint density at radius 1 is 0.976 bits per heavy atom. The fourth-order valence-electron chi connectivity index (χ4n) is 6.54. The number of carboxylic acid groups (broad SMARTS) is 1. The molecule has 2 unspecified atom stereocenters. The molecule has 9 heteroatoms. The van der Waals surface area contributed by atoms with E-state index in [0.29, 0.717) is 36.3 Å². The van der Waals surface area contributed by atoms with Gasteiger partial charge in [-0.15, -0.1) is 11.3 Å². The minimum atomic E-state index is -1.01. The number of hydrogen-bond donors (Lipinski definition) is 1. The van der Waals surface area contributed by atoms with Crippen molar-refractivity contribution in [2.75, 3.05) is 37.9 Å². The first-order valence-corrected chi connectivity index (χ1v) is 16.7. The quantitative estimate of drug-likeness (QED) is 0.352. The Labute approximate surface area is 254 Å². The van der Waals surface area contributed by atoms with E-state index >= 15 is 0 Å². The summed E-state index contributed by atoms with van der Waals surface area (Å²) in [5.74, 6) is 6.15. The fourth-order valence-corrected chi connectivity index (χ4v) is 7.39. The molecule has 1 N–H and O–H groups in total. The summed E-state index contributed by atoms with van der Waals surface area (Å²) in [5, 5.41) is 10.2. The molecule has 3 heterocycles. The second-order valence-corrected chi connectivity index (χ2v) is 14.3. The standard InChI is InChI=1S/C33H47NO7S/c1-22-4-6-23(7-5-22)31(35)34(24-8-10-25(11-9-24)41-27-14-17-39-20-27)29-18-28(42-30(29)32(36)37)12-15-33(2,3)21-40-26-13-16-38-19-26/h18,22-27H,4-11,13-14,16-17,19-21H2,1-3H3,(H,36,37)/t22-,23-,24-,25-,26?,27?. The molecular weight excluding hydrogens is 554 g/mol. The van der Waals surface area contributed by atoms with E-state index in [1.807, 2.05) is 24.8 Å². The topological polar surface area (TPSA) is 94.5 Å². The summed E-state index contributed by atoms with van der Waals surface area (Å²) in [6.45, 7) is 9.53. The SMILES string of the molecule is CC(C)(C#Cc1cc(N(C(=O)[C@H]2CC[C@H](C)CC2)[C@H]2CC[C@H](OC3CCOC3)CC2)c(C(=O)O)s1)COC1CCOC1. The summed E-state index contributed by atoms with van der Waals surface area (Å²) in [4.78, 5) is 29.4. The lowest BCUT2D eigenvalue weighted by atomic mass is 9.81. The minimum absolute atomic E-state index is 0.0523. The van der Waals surface area contributed by atoms with Gasteiger partial charge in [-0.25, -0.2) is 4.79 Å². The second-order valence-electron chi connectivity index (χ2n) is 13.3. The largest absolute Gasteiger partial charge is 0.477 e. The van der Waals surface area contributed by atoms with Crippen LogP contribution in [0, 0.1) is 29.1 Å². The average molecular weight is 602 g/mol. The molecular formula is C33H47NO7S. The lowest BCUT2D eigenvalue weighted by Crippen LogP contribution is -2.47. The van der Waals surface area contributed by atoms with Gasteiger partial charge < -0.3 is 29.0 Å². The predicted molar refractivity (Wildman–Crippen MR) is 162 cm³/mol. The average Bonchev–Trinajstić information content (AvgIpc) is 3.75. The third-order valence-electron chi connectivity index (χ3n) is 9.14. The van der Waals surface area contributed by atoms with Crippen molar-refractivity contribution in [1.82, 2.24) is 0 Å². The van der Waals surface area contributed by atoms with Crippen molar-refractivity contribution in [3.8, 4) is 11.8 Å². The zero-order chi connectivity index (χ0) is 29.7. The molecule has 0 bridgehead atoms. The molecule has 232 valence electrons. The normalized spacial score (nSPS) is 30.1. The molecule has 4 aliphatic rings. The molecule has 2 atom stereocenters. The number of rotatable bonds is 9. The van der Waals surface area contributed by atoms with Crippen LogP contribution in [0.5, 0.6) is 0 Å². The number of ether oxygens (including phenoxy) is 4. The second kappa shape index (κ2) is 14.2. The summed E-state index contributed by atoms with van der Waals surface area (Å²) in [7, 11) is 0. The van der Waals surface area contributed by atoms with E-state index in [0.717, 1.165) is 88.8 Å². The molecule has 5 rings (SSSR count). The van der Waals surface area contributed by atoms with E-state index in [2.05, 4.69) is 18.8 Å². The number of carbonyl (C=O) groups excluding carboxylic acids is 1. The Bertz CT molecular complexity index is 1120. The molecule has 2 aliphatic carbocycles. The molecule has 2 saturated carbocycles. The van der Waals surface area contributed by atoms with Crippen molar-refractivity contribution in [3.05, 3.63) is 15.8 Å². The smallest absolute Gasteiger partial charge is 0.348 e. The number of carbonyl (C=O) groups is 2. The third kappa shape index (κ3) is 8.15. The van der Waals surface area contributed by atoms with Crippen molar-refractivity contribution in [2.24, 2.45) is 17.3 Å². The molecule has 42 heavy (non-hydrogen) atoms. The van der Waals surface area contributed by atoms with Crippen molar-refractivity contribution in [3.63, 3.8) is 0 Å². The third-order valence-corrected chi connectivity index (χ3v) is 10.2. The van der Waals surface area contributed by atoms with Crippen molar-refractivity contribution in [1.29, 1.82) is 0 Å². The van der Waals surface area contributed by atoms with Crippen LogP contribution in [0.4, 0.5) is 5.69 Å². The highest BCUT2D eigenvalue weighted by Gasteiger charge is 2.38. The van der Waals surface area contributed by atoms with Crippen LogP contribution in [0.15, 0.2) is 6.07 Å². The molecule has 0 aromatic carbocycles. The summed E-state index contributed by atoms with van der Waals surface area (Å²) in [5.41, 5.74) is 0.0961. The first-order chi connectivity index (χ1) is 20.2. The number of amides is 1. The summed E-state index contributed by atoms with van der Waals surface area (Å²) in [6.07, 6.45) is 9.31. The zero-order valence-corrected chi connectivity index (χ0v) is 26.2. The Morgan fingerprint density at radius 3 is 2.26 bits per heavy atom.